The van der Waals surface area contributed by atoms with Crippen LogP contribution in [0.3, 0.4) is 0 Å². The third-order valence-corrected chi connectivity index (χ3v) is 5.35. The van der Waals surface area contributed by atoms with Crippen LogP contribution in [0.4, 0.5) is 0 Å². The minimum Gasteiger partial charge on any atom is -0.356 e. The van der Waals surface area contributed by atoms with Crippen molar-refractivity contribution in [2.45, 2.75) is 77.3 Å². The lowest BCUT2D eigenvalue weighted by atomic mass is 9.74. The molecule has 1 amide bonds. The molecule has 0 aliphatic carbocycles. The Morgan fingerprint density at radius 2 is 1.83 bits per heavy atom. The van der Waals surface area contributed by atoms with Crippen LogP contribution in [0.5, 0.6) is 0 Å². The second-order valence-corrected chi connectivity index (χ2v) is 9.28. The molecule has 2 saturated heterocycles. The number of likely N-dealkylation sites (tertiary alicyclic amines) is 1. The lowest BCUT2D eigenvalue weighted by Gasteiger charge is -2.46. The molecule has 2 N–H and O–H groups in total. The van der Waals surface area contributed by atoms with Gasteiger partial charge in [0.15, 0.2) is 0 Å². The molecule has 2 aliphatic rings. The standard InChI is InChI=1S/C19H37N3O/c1-18(2)12-16(13-19(3,4)21-18)11-17(23)20-9-8-15-7-6-10-22(5)14-15/h15-16,21H,6-14H2,1-5H3,(H,20,23)/t15-/m1/s1. The summed E-state index contributed by atoms with van der Waals surface area (Å²) in [6.45, 7) is 12.2. The Bertz CT molecular complexity index is 389. The fourth-order valence-corrected chi connectivity index (χ4v) is 4.94. The van der Waals surface area contributed by atoms with Crippen LogP contribution in [0.25, 0.3) is 0 Å². The molecule has 0 unspecified atom stereocenters. The Labute approximate surface area is 142 Å². The summed E-state index contributed by atoms with van der Waals surface area (Å²) in [5, 5.41) is 6.86. The molecule has 23 heavy (non-hydrogen) atoms. The van der Waals surface area contributed by atoms with E-state index < -0.39 is 0 Å². The van der Waals surface area contributed by atoms with Gasteiger partial charge in [0.2, 0.25) is 5.91 Å². The lowest BCUT2D eigenvalue weighted by Crippen LogP contribution is -2.58. The first-order chi connectivity index (χ1) is 10.7. The average Bonchev–Trinajstić information content (AvgIpc) is 2.34. The number of amides is 1. The summed E-state index contributed by atoms with van der Waals surface area (Å²) in [7, 11) is 2.20. The minimum atomic E-state index is 0.124. The Hall–Kier alpha value is -0.610. The van der Waals surface area contributed by atoms with E-state index in [-0.39, 0.29) is 17.0 Å². The number of hydrogen-bond donors (Lipinski definition) is 2. The molecular weight excluding hydrogens is 286 g/mol. The fraction of sp³-hybridized carbons (Fsp3) is 0.947. The van der Waals surface area contributed by atoms with E-state index in [1.54, 1.807) is 0 Å². The Balaban J connectivity index is 1.70. The maximum atomic E-state index is 12.3. The summed E-state index contributed by atoms with van der Waals surface area (Å²) in [4.78, 5) is 14.7. The number of carbonyl (C=O) groups is 1. The van der Waals surface area contributed by atoms with Gasteiger partial charge in [0.25, 0.3) is 0 Å². The number of hydrogen-bond acceptors (Lipinski definition) is 3. The number of nitrogens with zero attached hydrogens (tertiary/aromatic N) is 1. The monoisotopic (exact) mass is 323 g/mol. The van der Waals surface area contributed by atoms with E-state index >= 15 is 0 Å². The van der Waals surface area contributed by atoms with Crippen molar-refractivity contribution in [3.63, 3.8) is 0 Å². The molecule has 2 heterocycles. The molecule has 0 aromatic heterocycles. The van der Waals surface area contributed by atoms with E-state index in [1.807, 2.05) is 0 Å². The minimum absolute atomic E-state index is 0.124. The van der Waals surface area contributed by atoms with Gasteiger partial charge in [-0.2, -0.15) is 0 Å². The highest BCUT2D eigenvalue weighted by Gasteiger charge is 2.38. The van der Waals surface area contributed by atoms with Crippen molar-refractivity contribution in [3.8, 4) is 0 Å². The van der Waals surface area contributed by atoms with Gasteiger partial charge < -0.3 is 15.5 Å². The van der Waals surface area contributed by atoms with E-state index in [0.29, 0.717) is 12.3 Å². The van der Waals surface area contributed by atoms with Crippen molar-refractivity contribution in [2.75, 3.05) is 26.7 Å². The Morgan fingerprint density at radius 1 is 1.17 bits per heavy atom. The quantitative estimate of drug-likeness (QED) is 0.818. The SMILES string of the molecule is CN1CCC[C@H](CCNC(=O)CC2CC(C)(C)NC(C)(C)C2)C1. The second-order valence-electron chi connectivity index (χ2n) is 9.28. The molecule has 2 fully saturated rings. The predicted molar refractivity (Wildman–Crippen MR) is 96.5 cm³/mol. The van der Waals surface area contributed by atoms with Gasteiger partial charge >= 0.3 is 0 Å². The van der Waals surface area contributed by atoms with Crippen molar-refractivity contribution >= 4 is 5.91 Å². The summed E-state index contributed by atoms with van der Waals surface area (Å²) in [6.07, 6.45) is 6.58. The van der Waals surface area contributed by atoms with Crippen LogP contribution in [0.2, 0.25) is 0 Å². The zero-order valence-corrected chi connectivity index (χ0v) is 15.9. The van der Waals surface area contributed by atoms with Gasteiger partial charge in [0.05, 0.1) is 0 Å². The van der Waals surface area contributed by atoms with Crippen LogP contribution in [0.15, 0.2) is 0 Å². The van der Waals surface area contributed by atoms with Crippen molar-refractivity contribution < 1.29 is 4.79 Å². The number of piperidine rings is 2. The number of carbonyl (C=O) groups excluding carboxylic acids is 1. The molecule has 4 nitrogen and oxygen atoms in total. The van der Waals surface area contributed by atoms with Crippen LogP contribution in [0.1, 0.15) is 66.2 Å². The Morgan fingerprint density at radius 3 is 2.43 bits per heavy atom. The molecule has 2 aliphatic heterocycles. The highest BCUT2D eigenvalue weighted by Crippen LogP contribution is 2.34. The maximum Gasteiger partial charge on any atom is 0.220 e. The van der Waals surface area contributed by atoms with Crippen LogP contribution >= 0.6 is 0 Å². The zero-order valence-electron chi connectivity index (χ0n) is 15.9. The van der Waals surface area contributed by atoms with Crippen LogP contribution in [-0.4, -0.2) is 48.6 Å². The van der Waals surface area contributed by atoms with Crippen molar-refractivity contribution in [2.24, 2.45) is 11.8 Å². The molecular formula is C19H37N3O. The molecule has 0 radical (unpaired) electrons. The zero-order chi connectivity index (χ0) is 17.1. The van der Waals surface area contributed by atoms with E-state index in [2.05, 4.69) is 50.3 Å². The average molecular weight is 324 g/mol. The lowest BCUT2D eigenvalue weighted by molar-refractivity contribution is -0.122. The molecule has 0 saturated carbocycles. The van der Waals surface area contributed by atoms with Gasteiger partial charge in [-0.1, -0.05) is 0 Å². The largest absolute Gasteiger partial charge is 0.356 e. The third-order valence-electron chi connectivity index (χ3n) is 5.35. The van der Waals surface area contributed by atoms with Gasteiger partial charge in [-0.05, 0) is 85.2 Å². The van der Waals surface area contributed by atoms with E-state index in [4.69, 9.17) is 0 Å². The summed E-state index contributed by atoms with van der Waals surface area (Å²) in [5.74, 6) is 1.49. The molecule has 2 rings (SSSR count). The molecule has 4 heteroatoms. The molecule has 1 atom stereocenters. The van der Waals surface area contributed by atoms with Gasteiger partial charge in [0.1, 0.15) is 0 Å². The summed E-state index contributed by atoms with van der Waals surface area (Å²) in [5.41, 5.74) is 0.249. The van der Waals surface area contributed by atoms with E-state index in [0.717, 1.165) is 31.7 Å². The predicted octanol–water partition coefficient (Wildman–Crippen LogP) is 2.78. The first-order valence-electron chi connectivity index (χ1n) is 9.40. The van der Waals surface area contributed by atoms with Gasteiger partial charge in [-0.25, -0.2) is 0 Å². The maximum absolute atomic E-state index is 12.3. The first-order valence-corrected chi connectivity index (χ1v) is 9.40. The fourth-order valence-electron chi connectivity index (χ4n) is 4.94. The third kappa shape index (κ3) is 6.42. The highest BCUT2D eigenvalue weighted by atomic mass is 16.1. The molecule has 0 spiro atoms. The number of rotatable bonds is 5. The summed E-state index contributed by atoms with van der Waals surface area (Å²) < 4.78 is 0. The summed E-state index contributed by atoms with van der Waals surface area (Å²) in [6, 6.07) is 0. The Kier molecular flexibility index (Phi) is 6.12. The molecule has 0 aromatic carbocycles. The van der Waals surface area contributed by atoms with Crippen molar-refractivity contribution in [3.05, 3.63) is 0 Å². The van der Waals surface area contributed by atoms with Crippen molar-refractivity contribution in [1.82, 2.24) is 15.5 Å². The van der Waals surface area contributed by atoms with Crippen LogP contribution < -0.4 is 10.6 Å². The molecule has 0 aromatic rings. The first kappa shape index (κ1) is 18.7. The normalized spacial score (nSPS) is 28.5. The van der Waals surface area contributed by atoms with Crippen molar-refractivity contribution in [1.29, 1.82) is 0 Å². The highest BCUT2D eigenvalue weighted by molar-refractivity contribution is 5.76. The topological polar surface area (TPSA) is 44.4 Å². The summed E-state index contributed by atoms with van der Waals surface area (Å²) >= 11 is 0. The molecule has 0 bridgehead atoms. The van der Waals surface area contributed by atoms with E-state index in [1.165, 1.54) is 25.9 Å². The van der Waals surface area contributed by atoms with Crippen LogP contribution in [0, 0.1) is 11.8 Å². The van der Waals surface area contributed by atoms with Gasteiger partial charge in [-0.3, -0.25) is 4.79 Å². The smallest absolute Gasteiger partial charge is 0.220 e. The number of nitrogens with one attached hydrogen (secondary N) is 2. The second kappa shape index (κ2) is 7.52. The molecule has 134 valence electrons. The van der Waals surface area contributed by atoms with E-state index in [9.17, 15) is 4.79 Å². The van der Waals surface area contributed by atoms with Gasteiger partial charge in [0, 0.05) is 30.6 Å². The van der Waals surface area contributed by atoms with Crippen LogP contribution in [-0.2, 0) is 4.79 Å². The van der Waals surface area contributed by atoms with Gasteiger partial charge in [-0.15, -0.1) is 0 Å².